The van der Waals surface area contributed by atoms with E-state index in [1.54, 1.807) is 0 Å². The molecule has 3 aromatic carbocycles. The number of hydrogen-bond donors (Lipinski definition) is 2. The van der Waals surface area contributed by atoms with Gasteiger partial charge in [-0.1, -0.05) is 60.7 Å². The van der Waals surface area contributed by atoms with Crippen LogP contribution in [0.1, 0.15) is 17.0 Å². The molecule has 1 heterocycles. The van der Waals surface area contributed by atoms with Crippen molar-refractivity contribution in [2.45, 2.75) is 5.92 Å². The average Bonchev–Trinajstić information content (AvgIpc) is 3.25. The van der Waals surface area contributed by atoms with Gasteiger partial charge in [-0.05, 0) is 34.4 Å². The number of anilines is 1. The fraction of sp³-hybridized carbons (Fsp3) is 0.0909. The van der Waals surface area contributed by atoms with Crippen LogP contribution in [0, 0.1) is 0 Å². The summed E-state index contributed by atoms with van der Waals surface area (Å²) in [5, 5.41) is 2.68. The first-order chi connectivity index (χ1) is 13.3. The highest BCUT2D eigenvalue weighted by molar-refractivity contribution is 5.86. The summed E-state index contributed by atoms with van der Waals surface area (Å²) in [5.74, 6) is 0.423. The molecule has 1 aromatic heterocycles. The predicted molar refractivity (Wildman–Crippen MR) is 105 cm³/mol. The number of ether oxygens (including phenoxy) is 1. The van der Waals surface area contributed by atoms with Crippen LogP contribution in [0.25, 0.3) is 22.2 Å². The number of para-hydroxylation sites is 2. The average molecular weight is 355 g/mol. The summed E-state index contributed by atoms with van der Waals surface area (Å²) in [6.45, 7) is 0.278. The molecule has 27 heavy (non-hydrogen) atoms. The molecule has 0 spiro atoms. The molecule has 1 aliphatic carbocycles. The van der Waals surface area contributed by atoms with Crippen molar-refractivity contribution in [1.29, 1.82) is 0 Å². The number of aromatic amines is 1. The highest BCUT2D eigenvalue weighted by atomic mass is 16.5. The molecule has 0 bridgehead atoms. The van der Waals surface area contributed by atoms with E-state index in [4.69, 9.17) is 4.74 Å². The summed E-state index contributed by atoms with van der Waals surface area (Å²) in [4.78, 5) is 19.7. The lowest BCUT2D eigenvalue weighted by Gasteiger charge is -2.14. The van der Waals surface area contributed by atoms with Gasteiger partial charge in [-0.3, -0.25) is 5.32 Å². The number of carbonyl (C=O) groups excluding carboxylic acids is 1. The van der Waals surface area contributed by atoms with Crippen LogP contribution in [0.4, 0.5) is 10.7 Å². The van der Waals surface area contributed by atoms with E-state index in [0.29, 0.717) is 5.95 Å². The standard InChI is InChI=1S/C22H17N3O2/c26-22(25-21-23-19-11-5-6-12-20(19)24-21)27-13-18-16-9-3-1-7-14(16)15-8-2-4-10-17(15)18/h1-12,18H,13H2,(H2,23,24,25,26). The first-order valence-corrected chi connectivity index (χ1v) is 8.86. The smallest absolute Gasteiger partial charge is 0.414 e. The maximum absolute atomic E-state index is 12.3. The van der Waals surface area contributed by atoms with Crippen LogP contribution in [0.3, 0.4) is 0 Å². The zero-order valence-electron chi connectivity index (χ0n) is 14.5. The van der Waals surface area contributed by atoms with Gasteiger partial charge in [0.25, 0.3) is 0 Å². The quantitative estimate of drug-likeness (QED) is 0.548. The lowest BCUT2D eigenvalue weighted by Crippen LogP contribution is -2.18. The summed E-state index contributed by atoms with van der Waals surface area (Å²) in [5.41, 5.74) is 6.46. The van der Waals surface area contributed by atoms with Crippen molar-refractivity contribution in [3.05, 3.63) is 83.9 Å². The molecule has 0 aliphatic heterocycles. The van der Waals surface area contributed by atoms with Crippen molar-refractivity contribution in [2.24, 2.45) is 0 Å². The van der Waals surface area contributed by atoms with E-state index in [0.717, 1.165) is 11.0 Å². The molecule has 0 fully saturated rings. The molecule has 0 saturated carbocycles. The summed E-state index contributed by atoms with van der Waals surface area (Å²) < 4.78 is 5.53. The fourth-order valence-corrected chi connectivity index (χ4v) is 3.74. The molecule has 2 N–H and O–H groups in total. The third-order valence-corrected chi connectivity index (χ3v) is 4.95. The van der Waals surface area contributed by atoms with Gasteiger partial charge >= 0.3 is 6.09 Å². The molecule has 5 heteroatoms. The second-order valence-electron chi connectivity index (χ2n) is 6.55. The van der Waals surface area contributed by atoms with Crippen molar-refractivity contribution in [3.8, 4) is 11.1 Å². The summed E-state index contributed by atoms with van der Waals surface area (Å²) >= 11 is 0. The molecule has 4 aromatic rings. The number of imidazole rings is 1. The first-order valence-electron chi connectivity index (χ1n) is 8.86. The number of amides is 1. The lowest BCUT2D eigenvalue weighted by atomic mass is 9.98. The second-order valence-corrected chi connectivity index (χ2v) is 6.55. The number of rotatable bonds is 3. The molecular weight excluding hydrogens is 338 g/mol. The van der Waals surface area contributed by atoms with Gasteiger partial charge in [-0.15, -0.1) is 0 Å². The van der Waals surface area contributed by atoms with E-state index < -0.39 is 6.09 Å². The Hall–Kier alpha value is -3.60. The van der Waals surface area contributed by atoms with Crippen molar-refractivity contribution in [2.75, 3.05) is 11.9 Å². The number of carbonyl (C=O) groups is 1. The molecule has 0 saturated heterocycles. The highest BCUT2D eigenvalue weighted by Crippen LogP contribution is 2.44. The van der Waals surface area contributed by atoms with Crippen molar-refractivity contribution in [1.82, 2.24) is 9.97 Å². The number of benzene rings is 3. The van der Waals surface area contributed by atoms with Crippen molar-refractivity contribution in [3.63, 3.8) is 0 Å². The van der Waals surface area contributed by atoms with Crippen LogP contribution in [-0.2, 0) is 4.74 Å². The van der Waals surface area contributed by atoms with E-state index in [9.17, 15) is 4.79 Å². The molecule has 1 aliphatic rings. The number of hydrogen-bond acceptors (Lipinski definition) is 3. The number of fused-ring (bicyclic) bond motifs is 4. The zero-order chi connectivity index (χ0) is 18.2. The third-order valence-electron chi connectivity index (χ3n) is 4.95. The number of aromatic nitrogens is 2. The predicted octanol–water partition coefficient (Wildman–Crippen LogP) is 4.92. The van der Waals surface area contributed by atoms with Gasteiger partial charge < -0.3 is 9.72 Å². The molecule has 5 nitrogen and oxygen atoms in total. The van der Waals surface area contributed by atoms with E-state index in [-0.39, 0.29) is 12.5 Å². The minimum Gasteiger partial charge on any atom is -0.448 e. The van der Waals surface area contributed by atoms with Crippen molar-refractivity contribution < 1.29 is 9.53 Å². The third kappa shape index (κ3) is 2.73. The fourth-order valence-electron chi connectivity index (χ4n) is 3.74. The van der Waals surface area contributed by atoms with Gasteiger partial charge in [0.05, 0.1) is 11.0 Å². The molecular formula is C22H17N3O2. The largest absolute Gasteiger partial charge is 0.448 e. The van der Waals surface area contributed by atoms with Crippen LogP contribution in [0.15, 0.2) is 72.8 Å². The van der Waals surface area contributed by atoms with Gasteiger partial charge in [0.2, 0.25) is 5.95 Å². The minimum absolute atomic E-state index is 0.0406. The molecule has 0 radical (unpaired) electrons. The van der Waals surface area contributed by atoms with Crippen molar-refractivity contribution >= 4 is 23.1 Å². The van der Waals surface area contributed by atoms with E-state index >= 15 is 0 Å². The van der Waals surface area contributed by atoms with Crippen LogP contribution in [0.2, 0.25) is 0 Å². The maximum atomic E-state index is 12.3. The van der Waals surface area contributed by atoms with Gasteiger partial charge in [0.15, 0.2) is 0 Å². The normalized spacial score (nSPS) is 12.6. The zero-order valence-corrected chi connectivity index (χ0v) is 14.5. The SMILES string of the molecule is O=C(Nc1nc2ccccc2[nH]1)OCC1c2ccccc2-c2ccccc21. The monoisotopic (exact) mass is 355 g/mol. The molecule has 5 rings (SSSR count). The van der Waals surface area contributed by atoms with Gasteiger partial charge in [-0.25, -0.2) is 9.78 Å². The van der Waals surface area contributed by atoms with Crippen LogP contribution < -0.4 is 5.32 Å². The Bertz CT molecular complexity index is 1070. The van der Waals surface area contributed by atoms with E-state index in [1.165, 1.54) is 22.3 Å². The Labute approximate surface area is 156 Å². The minimum atomic E-state index is -0.518. The summed E-state index contributed by atoms with van der Waals surface area (Å²) in [7, 11) is 0. The van der Waals surface area contributed by atoms with Gasteiger partial charge in [0, 0.05) is 5.92 Å². The highest BCUT2D eigenvalue weighted by Gasteiger charge is 2.29. The second kappa shape index (κ2) is 6.29. The number of nitrogens with zero attached hydrogens (tertiary/aromatic N) is 1. The first kappa shape index (κ1) is 15.6. The van der Waals surface area contributed by atoms with E-state index in [2.05, 4.69) is 39.6 Å². The lowest BCUT2D eigenvalue weighted by molar-refractivity contribution is 0.158. The van der Waals surface area contributed by atoms with Crippen LogP contribution >= 0.6 is 0 Å². The topological polar surface area (TPSA) is 67.0 Å². The Balaban J connectivity index is 1.33. The summed E-state index contributed by atoms with van der Waals surface area (Å²) in [6.07, 6.45) is -0.518. The molecule has 1 amide bonds. The van der Waals surface area contributed by atoms with E-state index in [1.807, 2.05) is 48.5 Å². The molecule has 0 atom stereocenters. The Kier molecular flexibility index (Phi) is 3.64. The molecule has 132 valence electrons. The van der Waals surface area contributed by atoms with Gasteiger partial charge in [0.1, 0.15) is 6.61 Å². The summed E-state index contributed by atoms with van der Waals surface area (Å²) in [6, 6.07) is 24.1. The maximum Gasteiger partial charge on any atom is 0.414 e. The number of H-pyrrole nitrogens is 1. The molecule has 0 unspecified atom stereocenters. The van der Waals surface area contributed by atoms with Crippen LogP contribution in [-0.4, -0.2) is 22.7 Å². The number of nitrogens with one attached hydrogen (secondary N) is 2. The van der Waals surface area contributed by atoms with Gasteiger partial charge in [-0.2, -0.15) is 0 Å². The Morgan fingerprint density at radius 1 is 0.926 bits per heavy atom. The Morgan fingerprint density at radius 2 is 1.56 bits per heavy atom. The Morgan fingerprint density at radius 3 is 2.26 bits per heavy atom. The van der Waals surface area contributed by atoms with Crippen LogP contribution in [0.5, 0.6) is 0 Å².